The zero-order chi connectivity index (χ0) is 10.7. The highest BCUT2D eigenvalue weighted by Gasteiger charge is 2.29. The standard InChI is InChI=1S/C11H20N2O/c1-5-11(14)13-8-9(3)12(6-2)7-10(13)4/h5,9-10H,1,6-8H2,2-4H3/t9-,10-/m0/s1. The Hall–Kier alpha value is -0.830. The molecule has 0 saturated carbocycles. The van der Waals surface area contributed by atoms with E-state index >= 15 is 0 Å². The number of likely N-dealkylation sites (N-methyl/N-ethyl adjacent to an activating group) is 1. The second-order valence-corrected chi connectivity index (χ2v) is 3.98. The van der Waals surface area contributed by atoms with Crippen molar-refractivity contribution in [1.29, 1.82) is 0 Å². The molecule has 0 aromatic carbocycles. The lowest BCUT2D eigenvalue weighted by Crippen LogP contribution is -2.57. The van der Waals surface area contributed by atoms with Crippen LogP contribution < -0.4 is 0 Å². The fraction of sp³-hybridized carbons (Fsp3) is 0.727. The van der Waals surface area contributed by atoms with Crippen molar-refractivity contribution in [2.45, 2.75) is 32.9 Å². The molecule has 3 nitrogen and oxygen atoms in total. The van der Waals surface area contributed by atoms with Crippen LogP contribution in [0.2, 0.25) is 0 Å². The minimum Gasteiger partial charge on any atom is -0.334 e. The Morgan fingerprint density at radius 1 is 1.43 bits per heavy atom. The van der Waals surface area contributed by atoms with Crippen molar-refractivity contribution in [1.82, 2.24) is 9.80 Å². The summed E-state index contributed by atoms with van der Waals surface area (Å²) in [7, 11) is 0. The molecule has 1 saturated heterocycles. The SMILES string of the molecule is C=CC(=O)N1C[C@H](C)N(CC)C[C@@H]1C. The van der Waals surface area contributed by atoms with Gasteiger partial charge in [-0.1, -0.05) is 13.5 Å². The molecule has 1 amide bonds. The largest absolute Gasteiger partial charge is 0.334 e. The molecule has 0 radical (unpaired) electrons. The molecule has 3 heteroatoms. The molecule has 1 aliphatic rings. The number of hydrogen-bond acceptors (Lipinski definition) is 2. The van der Waals surface area contributed by atoms with E-state index in [4.69, 9.17) is 0 Å². The number of carbonyl (C=O) groups excluding carboxylic acids is 1. The molecule has 0 unspecified atom stereocenters. The molecule has 14 heavy (non-hydrogen) atoms. The van der Waals surface area contributed by atoms with E-state index in [1.807, 2.05) is 4.90 Å². The molecule has 1 aliphatic heterocycles. The number of piperazine rings is 1. The molecule has 1 rings (SSSR count). The number of rotatable bonds is 2. The maximum absolute atomic E-state index is 11.5. The number of amides is 1. The molecule has 1 fully saturated rings. The number of hydrogen-bond donors (Lipinski definition) is 0. The van der Waals surface area contributed by atoms with Crippen LogP contribution in [-0.4, -0.2) is 47.4 Å². The van der Waals surface area contributed by atoms with Gasteiger partial charge in [0.1, 0.15) is 0 Å². The summed E-state index contributed by atoms with van der Waals surface area (Å²) in [4.78, 5) is 15.8. The normalized spacial score (nSPS) is 28.9. The Bertz CT molecular complexity index is 227. The van der Waals surface area contributed by atoms with Crippen molar-refractivity contribution in [3.8, 4) is 0 Å². The molecule has 2 atom stereocenters. The fourth-order valence-electron chi connectivity index (χ4n) is 2.06. The monoisotopic (exact) mass is 196 g/mol. The van der Waals surface area contributed by atoms with Gasteiger partial charge in [-0.3, -0.25) is 9.69 Å². The maximum atomic E-state index is 11.5. The topological polar surface area (TPSA) is 23.6 Å². The van der Waals surface area contributed by atoms with Crippen molar-refractivity contribution in [2.24, 2.45) is 0 Å². The highest BCUT2D eigenvalue weighted by molar-refractivity contribution is 5.87. The first-order valence-electron chi connectivity index (χ1n) is 5.27. The Morgan fingerprint density at radius 3 is 2.57 bits per heavy atom. The van der Waals surface area contributed by atoms with Gasteiger partial charge in [-0.25, -0.2) is 0 Å². The van der Waals surface area contributed by atoms with E-state index in [1.54, 1.807) is 0 Å². The summed E-state index contributed by atoms with van der Waals surface area (Å²) >= 11 is 0. The van der Waals surface area contributed by atoms with Gasteiger partial charge in [-0.15, -0.1) is 0 Å². The van der Waals surface area contributed by atoms with E-state index in [2.05, 4.69) is 32.3 Å². The quantitative estimate of drug-likeness (QED) is 0.618. The number of carbonyl (C=O) groups is 1. The molecule has 0 aliphatic carbocycles. The minimum absolute atomic E-state index is 0.0557. The van der Waals surface area contributed by atoms with Crippen LogP contribution in [0.1, 0.15) is 20.8 Å². The van der Waals surface area contributed by atoms with E-state index < -0.39 is 0 Å². The lowest BCUT2D eigenvalue weighted by Gasteiger charge is -2.43. The Morgan fingerprint density at radius 2 is 2.07 bits per heavy atom. The summed E-state index contributed by atoms with van der Waals surface area (Å²) < 4.78 is 0. The van der Waals surface area contributed by atoms with Gasteiger partial charge in [0.2, 0.25) is 5.91 Å². The van der Waals surface area contributed by atoms with Crippen molar-refractivity contribution in [3.05, 3.63) is 12.7 Å². The summed E-state index contributed by atoms with van der Waals surface area (Å²) in [5, 5.41) is 0. The lowest BCUT2D eigenvalue weighted by molar-refractivity contribution is -0.131. The fourth-order valence-corrected chi connectivity index (χ4v) is 2.06. The first-order chi connectivity index (χ1) is 6.60. The predicted octanol–water partition coefficient (Wildman–Crippen LogP) is 1.11. The van der Waals surface area contributed by atoms with Gasteiger partial charge in [-0.2, -0.15) is 0 Å². The third-order valence-electron chi connectivity index (χ3n) is 2.98. The summed E-state index contributed by atoms with van der Waals surface area (Å²) in [5.74, 6) is 0.0557. The second-order valence-electron chi connectivity index (χ2n) is 3.98. The van der Waals surface area contributed by atoms with Crippen LogP contribution in [0.25, 0.3) is 0 Å². The van der Waals surface area contributed by atoms with Crippen LogP contribution in [0.3, 0.4) is 0 Å². The van der Waals surface area contributed by atoms with E-state index in [9.17, 15) is 4.79 Å². The maximum Gasteiger partial charge on any atom is 0.246 e. The van der Waals surface area contributed by atoms with Crippen molar-refractivity contribution < 1.29 is 4.79 Å². The van der Waals surface area contributed by atoms with Crippen LogP contribution in [0.15, 0.2) is 12.7 Å². The van der Waals surface area contributed by atoms with E-state index in [0.29, 0.717) is 12.1 Å². The van der Waals surface area contributed by atoms with Gasteiger partial charge in [0.25, 0.3) is 0 Å². The smallest absolute Gasteiger partial charge is 0.246 e. The highest BCUT2D eigenvalue weighted by Crippen LogP contribution is 2.14. The van der Waals surface area contributed by atoms with Gasteiger partial charge < -0.3 is 4.90 Å². The van der Waals surface area contributed by atoms with Gasteiger partial charge in [0.05, 0.1) is 0 Å². The van der Waals surface area contributed by atoms with Crippen LogP contribution in [-0.2, 0) is 4.79 Å². The van der Waals surface area contributed by atoms with Crippen LogP contribution in [0.5, 0.6) is 0 Å². The zero-order valence-electron chi connectivity index (χ0n) is 9.36. The van der Waals surface area contributed by atoms with Crippen LogP contribution in [0.4, 0.5) is 0 Å². The molecule has 0 bridgehead atoms. The molecule has 1 heterocycles. The third kappa shape index (κ3) is 2.15. The van der Waals surface area contributed by atoms with E-state index in [-0.39, 0.29) is 5.91 Å². The molecular formula is C11H20N2O. The minimum atomic E-state index is 0.0557. The van der Waals surface area contributed by atoms with Crippen LogP contribution >= 0.6 is 0 Å². The second kappa shape index (κ2) is 4.60. The first-order valence-corrected chi connectivity index (χ1v) is 5.27. The summed E-state index contributed by atoms with van der Waals surface area (Å²) in [6.45, 7) is 12.8. The van der Waals surface area contributed by atoms with E-state index in [0.717, 1.165) is 19.6 Å². The Kier molecular flexibility index (Phi) is 3.69. The summed E-state index contributed by atoms with van der Waals surface area (Å²) in [5.41, 5.74) is 0. The van der Waals surface area contributed by atoms with Gasteiger partial charge >= 0.3 is 0 Å². The summed E-state index contributed by atoms with van der Waals surface area (Å²) in [6, 6.07) is 0.761. The van der Waals surface area contributed by atoms with Gasteiger partial charge in [0.15, 0.2) is 0 Å². The molecular weight excluding hydrogens is 176 g/mol. The van der Waals surface area contributed by atoms with Crippen molar-refractivity contribution in [3.63, 3.8) is 0 Å². The summed E-state index contributed by atoms with van der Waals surface area (Å²) in [6.07, 6.45) is 1.41. The highest BCUT2D eigenvalue weighted by atomic mass is 16.2. The average molecular weight is 196 g/mol. The van der Waals surface area contributed by atoms with Gasteiger partial charge in [-0.05, 0) is 26.5 Å². The van der Waals surface area contributed by atoms with Crippen LogP contribution in [0, 0.1) is 0 Å². The van der Waals surface area contributed by atoms with Crippen molar-refractivity contribution >= 4 is 5.91 Å². The third-order valence-corrected chi connectivity index (χ3v) is 2.98. The van der Waals surface area contributed by atoms with E-state index in [1.165, 1.54) is 6.08 Å². The lowest BCUT2D eigenvalue weighted by atomic mass is 10.1. The average Bonchev–Trinajstić information content (AvgIpc) is 2.19. The molecule has 0 aromatic rings. The Balaban J connectivity index is 2.66. The Labute approximate surface area is 86.4 Å². The van der Waals surface area contributed by atoms with Gasteiger partial charge in [0, 0.05) is 25.2 Å². The molecule has 0 aromatic heterocycles. The molecule has 80 valence electrons. The molecule has 0 spiro atoms. The van der Waals surface area contributed by atoms with Crippen molar-refractivity contribution in [2.75, 3.05) is 19.6 Å². The zero-order valence-corrected chi connectivity index (χ0v) is 9.36. The molecule has 0 N–H and O–H groups in total. The predicted molar refractivity (Wildman–Crippen MR) is 58.1 cm³/mol. The number of nitrogens with zero attached hydrogens (tertiary/aromatic N) is 2. The first kappa shape index (κ1) is 11.2.